The summed E-state index contributed by atoms with van der Waals surface area (Å²) in [5.41, 5.74) is 2.85. The molecule has 86 valence electrons. The predicted octanol–water partition coefficient (Wildman–Crippen LogP) is 3.62. The molecule has 1 unspecified atom stereocenters. The molecule has 0 amide bonds. The molecule has 0 aliphatic carbocycles. The molecule has 0 aliphatic heterocycles. The Kier molecular flexibility index (Phi) is 2.89. The van der Waals surface area contributed by atoms with Gasteiger partial charge in [0.2, 0.25) is 0 Å². The van der Waals surface area contributed by atoms with Gasteiger partial charge in [0.25, 0.3) is 0 Å². The van der Waals surface area contributed by atoms with Gasteiger partial charge in [0, 0.05) is 11.7 Å². The molecule has 2 rings (SSSR count). The molecule has 16 heavy (non-hydrogen) atoms. The van der Waals surface area contributed by atoms with Gasteiger partial charge in [-0.2, -0.15) is 0 Å². The Labute approximate surface area is 100 Å². The molecule has 0 saturated carbocycles. The minimum absolute atomic E-state index is 0.100. The summed E-state index contributed by atoms with van der Waals surface area (Å²) in [6, 6.07) is 4.29. The van der Waals surface area contributed by atoms with E-state index >= 15 is 0 Å². The van der Waals surface area contributed by atoms with Gasteiger partial charge in [-0.1, -0.05) is 0 Å². The summed E-state index contributed by atoms with van der Waals surface area (Å²) in [5.74, 6) is 0.893. The van der Waals surface area contributed by atoms with Crippen LogP contribution in [0.1, 0.15) is 43.7 Å². The van der Waals surface area contributed by atoms with Gasteiger partial charge >= 0.3 is 0 Å². The quantitative estimate of drug-likeness (QED) is 0.747. The fourth-order valence-corrected chi connectivity index (χ4v) is 2.03. The van der Waals surface area contributed by atoms with Crippen molar-refractivity contribution in [3.63, 3.8) is 0 Å². The summed E-state index contributed by atoms with van der Waals surface area (Å²) in [6.07, 6.45) is 0. The van der Waals surface area contributed by atoms with Crippen LogP contribution < -0.4 is 0 Å². The van der Waals surface area contributed by atoms with Crippen molar-refractivity contribution in [2.24, 2.45) is 0 Å². The smallest absolute Gasteiger partial charge is 0.160 e. The number of hydrogen-bond donors (Lipinski definition) is 0. The maximum absolute atomic E-state index is 6.15. The van der Waals surface area contributed by atoms with Gasteiger partial charge in [-0.25, -0.2) is 9.97 Å². The molecule has 0 saturated heterocycles. The second-order valence-electron chi connectivity index (χ2n) is 4.35. The van der Waals surface area contributed by atoms with E-state index in [9.17, 15) is 0 Å². The summed E-state index contributed by atoms with van der Waals surface area (Å²) < 4.78 is 2.11. The third-order valence-electron chi connectivity index (χ3n) is 2.58. The maximum Gasteiger partial charge on any atom is 0.160 e. The van der Waals surface area contributed by atoms with Crippen LogP contribution in [0.2, 0.25) is 0 Å². The highest BCUT2D eigenvalue weighted by Crippen LogP contribution is 2.26. The average Bonchev–Trinajstić information content (AvgIpc) is 2.55. The van der Waals surface area contributed by atoms with Crippen molar-refractivity contribution in [1.29, 1.82) is 0 Å². The Balaban J connectivity index is 2.77. The normalized spacial score (nSPS) is 13.6. The van der Waals surface area contributed by atoms with Gasteiger partial charge in [-0.3, -0.25) is 0 Å². The van der Waals surface area contributed by atoms with E-state index in [2.05, 4.69) is 28.4 Å². The maximum atomic E-state index is 6.15. The van der Waals surface area contributed by atoms with Gasteiger partial charge < -0.3 is 4.57 Å². The zero-order chi connectivity index (χ0) is 11.9. The number of fused-ring (bicyclic) bond motifs is 1. The molecule has 3 nitrogen and oxygen atoms in total. The van der Waals surface area contributed by atoms with Gasteiger partial charge in [0.15, 0.2) is 5.65 Å². The highest BCUT2D eigenvalue weighted by Gasteiger charge is 2.17. The minimum Gasteiger partial charge on any atom is -0.309 e. The zero-order valence-electron chi connectivity index (χ0n) is 10.0. The van der Waals surface area contributed by atoms with E-state index in [-0.39, 0.29) is 5.38 Å². The molecule has 2 heterocycles. The van der Waals surface area contributed by atoms with E-state index < -0.39 is 0 Å². The van der Waals surface area contributed by atoms with Crippen LogP contribution in [0.4, 0.5) is 0 Å². The third kappa shape index (κ3) is 1.80. The molecule has 0 aliphatic rings. The summed E-state index contributed by atoms with van der Waals surface area (Å²) in [5, 5.41) is -0.100. The van der Waals surface area contributed by atoms with Crippen LogP contribution in [-0.4, -0.2) is 14.5 Å². The van der Waals surface area contributed by atoms with Crippen LogP contribution in [0.5, 0.6) is 0 Å². The van der Waals surface area contributed by atoms with Crippen LogP contribution in [-0.2, 0) is 0 Å². The van der Waals surface area contributed by atoms with Crippen molar-refractivity contribution in [3.05, 3.63) is 23.7 Å². The Morgan fingerprint density at radius 2 is 1.88 bits per heavy atom. The molecule has 0 N–H and O–H groups in total. The Morgan fingerprint density at radius 1 is 1.19 bits per heavy atom. The lowest BCUT2D eigenvalue weighted by molar-refractivity contribution is 0.580. The van der Waals surface area contributed by atoms with E-state index in [0.29, 0.717) is 6.04 Å². The van der Waals surface area contributed by atoms with Crippen LogP contribution in [0.3, 0.4) is 0 Å². The van der Waals surface area contributed by atoms with Gasteiger partial charge in [-0.05, 0) is 39.8 Å². The van der Waals surface area contributed by atoms with E-state index in [1.54, 1.807) is 0 Å². The number of aromatic nitrogens is 3. The highest BCUT2D eigenvalue weighted by atomic mass is 35.5. The number of halogens is 1. The first-order valence-electron chi connectivity index (χ1n) is 5.50. The number of alkyl halides is 1. The Bertz CT molecular complexity index is 514. The van der Waals surface area contributed by atoms with Crippen LogP contribution in [0.25, 0.3) is 11.2 Å². The molecule has 0 spiro atoms. The standard InChI is InChI=1S/C12H16ClN3/c1-7(2)16-11(9(4)13)15-10-6-5-8(3)14-12(10)16/h5-7,9H,1-4H3. The first kappa shape index (κ1) is 11.4. The van der Waals surface area contributed by atoms with Crippen LogP contribution >= 0.6 is 11.6 Å². The van der Waals surface area contributed by atoms with Crippen molar-refractivity contribution >= 4 is 22.8 Å². The number of aryl methyl sites for hydroxylation is 1. The molecule has 0 aromatic carbocycles. The number of nitrogens with zero attached hydrogens (tertiary/aromatic N) is 3. The van der Waals surface area contributed by atoms with E-state index in [1.807, 2.05) is 26.0 Å². The summed E-state index contributed by atoms with van der Waals surface area (Å²) >= 11 is 6.15. The Morgan fingerprint density at radius 3 is 2.44 bits per heavy atom. The van der Waals surface area contributed by atoms with Crippen molar-refractivity contribution in [2.75, 3.05) is 0 Å². The zero-order valence-corrected chi connectivity index (χ0v) is 10.8. The summed E-state index contributed by atoms with van der Waals surface area (Å²) in [4.78, 5) is 9.08. The molecular formula is C12H16ClN3. The molecule has 2 aromatic heterocycles. The first-order chi connectivity index (χ1) is 7.50. The molecule has 1 atom stereocenters. The molecule has 0 fully saturated rings. The molecule has 0 bridgehead atoms. The molecule has 2 aromatic rings. The van der Waals surface area contributed by atoms with E-state index in [4.69, 9.17) is 11.6 Å². The van der Waals surface area contributed by atoms with Crippen molar-refractivity contribution in [3.8, 4) is 0 Å². The Hall–Kier alpha value is -1.09. The van der Waals surface area contributed by atoms with Crippen LogP contribution in [0, 0.1) is 6.92 Å². The SMILES string of the molecule is Cc1ccc2nc(C(C)Cl)n(C(C)C)c2n1. The van der Waals surface area contributed by atoms with Crippen molar-refractivity contribution < 1.29 is 0 Å². The third-order valence-corrected chi connectivity index (χ3v) is 2.77. The second kappa shape index (κ2) is 4.06. The summed E-state index contributed by atoms with van der Waals surface area (Å²) in [7, 11) is 0. The second-order valence-corrected chi connectivity index (χ2v) is 5.00. The number of rotatable bonds is 2. The summed E-state index contributed by atoms with van der Waals surface area (Å²) in [6.45, 7) is 8.16. The largest absolute Gasteiger partial charge is 0.309 e. The molecule has 4 heteroatoms. The van der Waals surface area contributed by atoms with E-state index in [0.717, 1.165) is 22.7 Å². The molecular weight excluding hydrogens is 222 g/mol. The van der Waals surface area contributed by atoms with Gasteiger partial charge in [0.05, 0.1) is 5.38 Å². The minimum atomic E-state index is -0.100. The predicted molar refractivity (Wildman–Crippen MR) is 66.9 cm³/mol. The van der Waals surface area contributed by atoms with Crippen molar-refractivity contribution in [2.45, 2.75) is 39.1 Å². The number of pyridine rings is 1. The fourth-order valence-electron chi connectivity index (χ4n) is 1.88. The molecule has 0 radical (unpaired) electrons. The van der Waals surface area contributed by atoms with E-state index in [1.165, 1.54) is 0 Å². The van der Waals surface area contributed by atoms with Crippen LogP contribution in [0.15, 0.2) is 12.1 Å². The van der Waals surface area contributed by atoms with Gasteiger partial charge in [0.1, 0.15) is 11.3 Å². The highest BCUT2D eigenvalue weighted by molar-refractivity contribution is 6.20. The lowest BCUT2D eigenvalue weighted by Gasteiger charge is -2.13. The van der Waals surface area contributed by atoms with Crippen molar-refractivity contribution in [1.82, 2.24) is 14.5 Å². The number of imidazole rings is 1. The lowest BCUT2D eigenvalue weighted by Crippen LogP contribution is -2.07. The first-order valence-corrected chi connectivity index (χ1v) is 5.94. The fraction of sp³-hybridized carbons (Fsp3) is 0.500. The lowest BCUT2D eigenvalue weighted by atomic mass is 10.3. The van der Waals surface area contributed by atoms with Gasteiger partial charge in [-0.15, -0.1) is 11.6 Å². The average molecular weight is 238 g/mol. The number of hydrogen-bond acceptors (Lipinski definition) is 2. The topological polar surface area (TPSA) is 30.7 Å². The monoisotopic (exact) mass is 237 g/mol.